The van der Waals surface area contributed by atoms with E-state index in [-0.39, 0.29) is 5.38 Å². The van der Waals surface area contributed by atoms with Crippen molar-refractivity contribution >= 4 is 22.8 Å². The summed E-state index contributed by atoms with van der Waals surface area (Å²) in [5.41, 5.74) is 3.22. The Bertz CT molecular complexity index is 582. The van der Waals surface area contributed by atoms with Crippen molar-refractivity contribution in [3.63, 3.8) is 0 Å². The molecule has 112 valence electrons. The SMILES string of the molecule is CCCc1nn(C)c2c1nc(C(C)Cl)n2CC(C)CC. The Morgan fingerprint density at radius 1 is 1.25 bits per heavy atom. The molecule has 5 heteroatoms. The van der Waals surface area contributed by atoms with Crippen LogP contribution in [0.4, 0.5) is 0 Å². The van der Waals surface area contributed by atoms with Crippen LogP contribution >= 0.6 is 11.6 Å². The molecule has 0 fully saturated rings. The summed E-state index contributed by atoms with van der Waals surface area (Å²) in [5.74, 6) is 1.57. The molecule has 2 atom stereocenters. The topological polar surface area (TPSA) is 35.6 Å². The number of aromatic nitrogens is 4. The van der Waals surface area contributed by atoms with Crippen LogP contribution in [0.2, 0.25) is 0 Å². The average Bonchev–Trinajstić information content (AvgIpc) is 2.90. The molecule has 2 aromatic heterocycles. The number of imidazole rings is 1. The van der Waals surface area contributed by atoms with Crippen molar-refractivity contribution in [2.75, 3.05) is 0 Å². The first-order valence-electron chi connectivity index (χ1n) is 7.55. The van der Waals surface area contributed by atoms with Gasteiger partial charge in [-0.3, -0.25) is 4.68 Å². The van der Waals surface area contributed by atoms with Crippen LogP contribution in [0.5, 0.6) is 0 Å². The van der Waals surface area contributed by atoms with Gasteiger partial charge < -0.3 is 4.57 Å². The Balaban J connectivity index is 2.59. The third-order valence-electron chi connectivity index (χ3n) is 3.85. The summed E-state index contributed by atoms with van der Waals surface area (Å²) >= 11 is 6.33. The summed E-state index contributed by atoms with van der Waals surface area (Å²) in [6.45, 7) is 9.58. The zero-order chi connectivity index (χ0) is 14.9. The van der Waals surface area contributed by atoms with Crippen LogP contribution in [0, 0.1) is 5.92 Å². The lowest BCUT2D eigenvalue weighted by Gasteiger charge is -2.14. The normalized spacial score (nSPS) is 14.9. The van der Waals surface area contributed by atoms with Crippen molar-refractivity contribution in [3.8, 4) is 0 Å². The van der Waals surface area contributed by atoms with Crippen LogP contribution < -0.4 is 0 Å². The van der Waals surface area contributed by atoms with Gasteiger partial charge in [0.2, 0.25) is 0 Å². The monoisotopic (exact) mass is 296 g/mol. The van der Waals surface area contributed by atoms with E-state index < -0.39 is 0 Å². The maximum absolute atomic E-state index is 6.33. The fourth-order valence-electron chi connectivity index (χ4n) is 2.59. The van der Waals surface area contributed by atoms with Crippen molar-refractivity contribution in [2.45, 2.75) is 58.9 Å². The molecule has 0 saturated heterocycles. The van der Waals surface area contributed by atoms with E-state index >= 15 is 0 Å². The summed E-state index contributed by atoms with van der Waals surface area (Å²) in [6.07, 6.45) is 3.19. The number of hydrogen-bond donors (Lipinski definition) is 0. The lowest BCUT2D eigenvalue weighted by molar-refractivity contribution is 0.459. The molecule has 0 bridgehead atoms. The van der Waals surface area contributed by atoms with Gasteiger partial charge >= 0.3 is 0 Å². The van der Waals surface area contributed by atoms with E-state index in [1.54, 1.807) is 0 Å². The third-order valence-corrected chi connectivity index (χ3v) is 4.05. The maximum atomic E-state index is 6.33. The van der Waals surface area contributed by atoms with Crippen molar-refractivity contribution in [1.29, 1.82) is 0 Å². The van der Waals surface area contributed by atoms with E-state index in [9.17, 15) is 0 Å². The van der Waals surface area contributed by atoms with Gasteiger partial charge in [-0.25, -0.2) is 4.98 Å². The first-order chi connectivity index (χ1) is 9.49. The molecule has 0 aliphatic carbocycles. The summed E-state index contributed by atoms with van der Waals surface area (Å²) in [4.78, 5) is 4.79. The Morgan fingerprint density at radius 2 is 1.95 bits per heavy atom. The predicted octanol–water partition coefficient (Wildman–Crippen LogP) is 4.07. The zero-order valence-corrected chi connectivity index (χ0v) is 13.9. The number of fused-ring (bicyclic) bond motifs is 1. The van der Waals surface area contributed by atoms with Gasteiger partial charge in [0.1, 0.15) is 11.3 Å². The second kappa shape index (κ2) is 6.17. The molecule has 2 unspecified atom stereocenters. The van der Waals surface area contributed by atoms with E-state index in [0.717, 1.165) is 48.5 Å². The molecule has 0 N–H and O–H groups in total. The molecule has 0 aliphatic heterocycles. The van der Waals surface area contributed by atoms with Gasteiger partial charge in [0, 0.05) is 13.6 Å². The van der Waals surface area contributed by atoms with Gasteiger partial charge in [0.15, 0.2) is 5.65 Å². The van der Waals surface area contributed by atoms with Crippen molar-refractivity contribution < 1.29 is 0 Å². The molecule has 0 amide bonds. The second-order valence-corrected chi connectivity index (χ2v) is 6.36. The van der Waals surface area contributed by atoms with E-state index in [4.69, 9.17) is 16.6 Å². The number of hydrogen-bond acceptors (Lipinski definition) is 2. The highest BCUT2D eigenvalue weighted by Crippen LogP contribution is 2.28. The molecule has 20 heavy (non-hydrogen) atoms. The van der Waals surface area contributed by atoms with Crippen molar-refractivity contribution in [3.05, 3.63) is 11.5 Å². The largest absolute Gasteiger partial charge is 0.311 e. The minimum Gasteiger partial charge on any atom is -0.311 e. The molecular weight excluding hydrogens is 272 g/mol. The van der Waals surface area contributed by atoms with Gasteiger partial charge in [0.25, 0.3) is 0 Å². The summed E-state index contributed by atoms with van der Waals surface area (Å²) < 4.78 is 4.21. The highest BCUT2D eigenvalue weighted by molar-refractivity contribution is 6.20. The van der Waals surface area contributed by atoms with Crippen LogP contribution in [-0.2, 0) is 20.0 Å². The molecule has 0 spiro atoms. The van der Waals surface area contributed by atoms with Gasteiger partial charge in [-0.2, -0.15) is 5.10 Å². The minimum absolute atomic E-state index is 0.0825. The van der Waals surface area contributed by atoms with Crippen molar-refractivity contribution in [1.82, 2.24) is 19.3 Å². The zero-order valence-electron chi connectivity index (χ0n) is 13.1. The Morgan fingerprint density at radius 3 is 2.50 bits per heavy atom. The van der Waals surface area contributed by atoms with Gasteiger partial charge in [-0.1, -0.05) is 33.6 Å². The number of nitrogens with zero attached hydrogens (tertiary/aromatic N) is 4. The molecule has 4 nitrogen and oxygen atoms in total. The minimum atomic E-state index is -0.0825. The number of halogens is 1. The molecular formula is C15H25ClN4. The quantitative estimate of drug-likeness (QED) is 0.753. The summed E-state index contributed by atoms with van der Waals surface area (Å²) in [6, 6.07) is 0. The molecule has 0 aliphatic rings. The van der Waals surface area contributed by atoms with E-state index in [2.05, 4.69) is 30.4 Å². The first kappa shape index (κ1) is 15.4. The Kier molecular flexibility index (Phi) is 4.74. The number of alkyl halides is 1. The lowest BCUT2D eigenvalue weighted by atomic mass is 10.1. The average molecular weight is 297 g/mol. The number of aryl methyl sites for hydroxylation is 2. The molecule has 2 heterocycles. The van der Waals surface area contributed by atoms with Crippen LogP contribution in [0.25, 0.3) is 11.2 Å². The molecule has 0 radical (unpaired) electrons. The van der Waals surface area contributed by atoms with Crippen LogP contribution in [-0.4, -0.2) is 19.3 Å². The molecule has 2 aromatic rings. The highest BCUT2D eigenvalue weighted by atomic mass is 35.5. The van der Waals surface area contributed by atoms with Gasteiger partial charge in [0.05, 0.1) is 11.1 Å². The van der Waals surface area contributed by atoms with Gasteiger partial charge in [-0.05, 0) is 19.3 Å². The molecule has 2 rings (SSSR count). The first-order valence-corrected chi connectivity index (χ1v) is 7.99. The molecule has 0 saturated carbocycles. The Labute approximate surface area is 126 Å². The molecule has 0 aromatic carbocycles. The summed E-state index contributed by atoms with van der Waals surface area (Å²) in [5, 5.41) is 4.54. The summed E-state index contributed by atoms with van der Waals surface area (Å²) in [7, 11) is 2.00. The maximum Gasteiger partial charge on any atom is 0.158 e. The smallest absolute Gasteiger partial charge is 0.158 e. The van der Waals surface area contributed by atoms with Crippen LogP contribution in [0.3, 0.4) is 0 Å². The van der Waals surface area contributed by atoms with Gasteiger partial charge in [-0.15, -0.1) is 11.6 Å². The van der Waals surface area contributed by atoms with Crippen LogP contribution in [0.15, 0.2) is 0 Å². The predicted molar refractivity (Wildman–Crippen MR) is 84.2 cm³/mol. The standard InChI is InChI=1S/C15H25ClN4/c1-6-8-12-13-15(19(5)18-12)20(9-10(3)7-2)14(17-13)11(4)16/h10-11H,6-9H2,1-5H3. The fraction of sp³-hybridized carbons (Fsp3) is 0.733. The lowest BCUT2D eigenvalue weighted by Crippen LogP contribution is -2.13. The third kappa shape index (κ3) is 2.71. The van der Waals surface area contributed by atoms with E-state index in [0.29, 0.717) is 5.92 Å². The van der Waals surface area contributed by atoms with Crippen molar-refractivity contribution in [2.24, 2.45) is 13.0 Å². The number of rotatable bonds is 6. The fourth-order valence-corrected chi connectivity index (χ4v) is 2.75. The van der Waals surface area contributed by atoms with Crippen LogP contribution in [0.1, 0.15) is 57.4 Å². The van der Waals surface area contributed by atoms with E-state index in [1.807, 2.05) is 18.7 Å². The highest BCUT2D eigenvalue weighted by Gasteiger charge is 2.22. The second-order valence-electron chi connectivity index (χ2n) is 5.70. The Hall–Kier alpha value is -1.03. The van der Waals surface area contributed by atoms with E-state index in [1.165, 1.54) is 0 Å².